The van der Waals surface area contributed by atoms with E-state index in [1.54, 1.807) is 0 Å². The lowest BCUT2D eigenvalue weighted by Gasteiger charge is -2.44. The molecule has 1 aliphatic heterocycles. The lowest BCUT2D eigenvalue weighted by molar-refractivity contribution is -0.0939. The third kappa shape index (κ3) is 5.22. The number of hydrogen-bond donors (Lipinski definition) is 2. The van der Waals surface area contributed by atoms with Crippen LogP contribution in [0.2, 0.25) is 0 Å². The summed E-state index contributed by atoms with van der Waals surface area (Å²) in [6.07, 6.45) is 0.509. The van der Waals surface area contributed by atoms with Crippen LogP contribution in [-0.4, -0.2) is 48.2 Å². The van der Waals surface area contributed by atoms with Crippen molar-refractivity contribution >= 4 is 11.6 Å². The molecule has 2 rings (SSSR count). The van der Waals surface area contributed by atoms with Gasteiger partial charge in [-0.15, -0.1) is 0 Å². The molecule has 1 aromatic carbocycles. The molecule has 1 aliphatic rings. The first kappa shape index (κ1) is 17.8. The van der Waals surface area contributed by atoms with E-state index in [1.807, 2.05) is 12.1 Å². The number of ether oxygens (including phenoxy) is 1. The van der Waals surface area contributed by atoms with Crippen LogP contribution in [0.15, 0.2) is 29.3 Å². The van der Waals surface area contributed by atoms with Gasteiger partial charge in [0.25, 0.3) is 0 Å². The predicted octanol–water partition coefficient (Wildman–Crippen LogP) is 2.61. The summed E-state index contributed by atoms with van der Waals surface area (Å²) in [5, 5.41) is 3.15. The number of nitrogens with two attached hydrogens (primary N) is 1. The minimum atomic E-state index is -0.0497. The summed E-state index contributed by atoms with van der Waals surface area (Å²) in [5.41, 5.74) is 8.17. The Morgan fingerprint density at radius 1 is 1.26 bits per heavy atom. The van der Waals surface area contributed by atoms with Crippen molar-refractivity contribution in [1.82, 2.24) is 4.90 Å². The van der Waals surface area contributed by atoms with Gasteiger partial charge in [0.05, 0.1) is 18.8 Å². The summed E-state index contributed by atoms with van der Waals surface area (Å²) >= 11 is 0. The summed E-state index contributed by atoms with van der Waals surface area (Å²) in [6, 6.07) is 8.12. The van der Waals surface area contributed by atoms with Crippen molar-refractivity contribution in [2.24, 2.45) is 10.7 Å². The number of benzene rings is 1. The second-order valence-electron chi connectivity index (χ2n) is 7.17. The summed E-state index contributed by atoms with van der Waals surface area (Å²) in [4.78, 5) is 6.98. The normalized spacial score (nSPS) is 23.8. The van der Waals surface area contributed by atoms with Crippen molar-refractivity contribution < 1.29 is 4.74 Å². The van der Waals surface area contributed by atoms with E-state index in [4.69, 9.17) is 10.5 Å². The SMILES string of the molecule is Cc1ccc(NC(N)=NCC(C)(C)N2CC(C)OC(C)C2)cc1. The van der Waals surface area contributed by atoms with Gasteiger partial charge in [-0.3, -0.25) is 9.89 Å². The van der Waals surface area contributed by atoms with Crippen LogP contribution in [-0.2, 0) is 4.74 Å². The van der Waals surface area contributed by atoms with Crippen molar-refractivity contribution in [2.45, 2.75) is 52.4 Å². The minimum absolute atomic E-state index is 0.0497. The fourth-order valence-electron chi connectivity index (χ4n) is 2.88. The molecule has 0 aliphatic carbocycles. The van der Waals surface area contributed by atoms with E-state index >= 15 is 0 Å². The number of nitrogens with zero attached hydrogens (tertiary/aromatic N) is 2. The van der Waals surface area contributed by atoms with Gasteiger partial charge in [-0.05, 0) is 46.8 Å². The molecule has 0 amide bonds. The van der Waals surface area contributed by atoms with Gasteiger partial charge in [-0.1, -0.05) is 17.7 Å². The molecule has 0 saturated carbocycles. The highest BCUT2D eigenvalue weighted by molar-refractivity contribution is 5.92. The predicted molar refractivity (Wildman–Crippen MR) is 97.0 cm³/mol. The van der Waals surface area contributed by atoms with E-state index in [0.717, 1.165) is 18.8 Å². The monoisotopic (exact) mass is 318 g/mol. The molecule has 3 N–H and O–H groups in total. The van der Waals surface area contributed by atoms with E-state index < -0.39 is 0 Å². The van der Waals surface area contributed by atoms with Crippen LogP contribution >= 0.6 is 0 Å². The van der Waals surface area contributed by atoms with E-state index in [2.05, 4.69) is 62.0 Å². The molecule has 5 nitrogen and oxygen atoms in total. The summed E-state index contributed by atoms with van der Waals surface area (Å²) in [7, 11) is 0. The zero-order valence-corrected chi connectivity index (χ0v) is 15.0. The Hall–Kier alpha value is -1.59. The van der Waals surface area contributed by atoms with Gasteiger partial charge in [-0.2, -0.15) is 0 Å². The number of aliphatic imine (C=N–C) groups is 1. The van der Waals surface area contributed by atoms with Crippen LogP contribution in [0.1, 0.15) is 33.3 Å². The number of aryl methyl sites for hydroxylation is 1. The molecular weight excluding hydrogens is 288 g/mol. The first-order valence-corrected chi connectivity index (χ1v) is 8.30. The number of hydrogen-bond acceptors (Lipinski definition) is 3. The fourth-order valence-corrected chi connectivity index (χ4v) is 2.88. The maximum Gasteiger partial charge on any atom is 0.193 e. The fraction of sp³-hybridized carbons (Fsp3) is 0.611. The van der Waals surface area contributed by atoms with Crippen LogP contribution < -0.4 is 11.1 Å². The quantitative estimate of drug-likeness (QED) is 0.662. The van der Waals surface area contributed by atoms with Crippen molar-refractivity contribution in [3.63, 3.8) is 0 Å². The number of rotatable bonds is 4. The molecule has 1 saturated heterocycles. The van der Waals surface area contributed by atoms with Crippen LogP contribution in [0.5, 0.6) is 0 Å². The molecule has 128 valence electrons. The lowest BCUT2D eigenvalue weighted by Crippen LogP contribution is -2.56. The smallest absolute Gasteiger partial charge is 0.193 e. The van der Waals surface area contributed by atoms with Gasteiger partial charge >= 0.3 is 0 Å². The van der Waals surface area contributed by atoms with Gasteiger partial charge in [0.2, 0.25) is 0 Å². The first-order valence-electron chi connectivity index (χ1n) is 8.30. The average molecular weight is 318 g/mol. The zero-order valence-electron chi connectivity index (χ0n) is 15.0. The number of nitrogens with one attached hydrogen (secondary N) is 1. The van der Waals surface area contributed by atoms with E-state index in [9.17, 15) is 0 Å². The highest BCUT2D eigenvalue weighted by atomic mass is 16.5. The van der Waals surface area contributed by atoms with Crippen molar-refractivity contribution in [1.29, 1.82) is 0 Å². The first-order chi connectivity index (χ1) is 10.8. The standard InChI is InChI=1S/C18H30N4O/c1-13-6-8-16(9-7-13)21-17(19)20-12-18(4,5)22-10-14(2)23-15(3)11-22/h6-9,14-15H,10-12H2,1-5H3,(H3,19,20,21). The Morgan fingerprint density at radius 3 is 2.39 bits per heavy atom. The Bertz CT molecular complexity index is 528. The molecule has 23 heavy (non-hydrogen) atoms. The van der Waals surface area contributed by atoms with Gasteiger partial charge < -0.3 is 15.8 Å². The minimum Gasteiger partial charge on any atom is -0.373 e. The Morgan fingerprint density at radius 2 is 1.83 bits per heavy atom. The Balaban J connectivity index is 1.95. The van der Waals surface area contributed by atoms with Gasteiger partial charge in [-0.25, -0.2) is 0 Å². The van der Waals surface area contributed by atoms with Crippen LogP contribution in [0, 0.1) is 6.92 Å². The zero-order chi connectivity index (χ0) is 17.0. The molecule has 5 heteroatoms. The molecule has 0 bridgehead atoms. The summed E-state index contributed by atoms with van der Waals surface area (Å²) in [6.45, 7) is 13.2. The third-order valence-electron chi connectivity index (χ3n) is 4.24. The second kappa shape index (κ2) is 7.32. The number of morpholine rings is 1. The van der Waals surface area contributed by atoms with Gasteiger partial charge in [0, 0.05) is 24.3 Å². The highest BCUT2D eigenvalue weighted by Gasteiger charge is 2.33. The van der Waals surface area contributed by atoms with Crippen molar-refractivity contribution in [3.8, 4) is 0 Å². The van der Waals surface area contributed by atoms with Gasteiger partial charge in [0.1, 0.15) is 0 Å². The second-order valence-corrected chi connectivity index (χ2v) is 7.17. The molecule has 2 atom stereocenters. The van der Waals surface area contributed by atoms with Crippen LogP contribution in [0.4, 0.5) is 5.69 Å². The van der Waals surface area contributed by atoms with Crippen molar-refractivity contribution in [3.05, 3.63) is 29.8 Å². The van der Waals surface area contributed by atoms with E-state index in [0.29, 0.717) is 12.5 Å². The maximum absolute atomic E-state index is 6.03. The lowest BCUT2D eigenvalue weighted by atomic mass is 10.0. The highest BCUT2D eigenvalue weighted by Crippen LogP contribution is 2.21. The Labute approximate surface area is 139 Å². The maximum atomic E-state index is 6.03. The summed E-state index contributed by atoms with van der Waals surface area (Å²) in [5.74, 6) is 0.455. The molecule has 0 radical (unpaired) electrons. The summed E-state index contributed by atoms with van der Waals surface area (Å²) < 4.78 is 5.81. The molecule has 0 spiro atoms. The Kier molecular flexibility index (Phi) is 5.65. The molecular formula is C18H30N4O. The van der Waals surface area contributed by atoms with Crippen molar-refractivity contribution in [2.75, 3.05) is 25.0 Å². The topological polar surface area (TPSA) is 62.9 Å². The van der Waals surface area contributed by atoms with E-state index in [-0.39, 0.29) is 17.7 Å². The van der Waals surface area contributed by atoms with Crippen LogP contribution in [0.25, 0.3) is 0 Å². The largest absolute Gasteiger partial charge is 0.373 e. The number of guanidine groups is 1. The molecule has 1 fully saturated rings. The molecule has 1 aromatic rings. The van der Waals surface area contributed by atoms with E-state index in [1.165, 1.54) is 5.56 Å². The van der Waals surface area contributed by atoms with Crippen LogP contribution in [0.3, 0.4) is 0 Å². The number of anilines is 1. The average Bonchev–Trinajstić information content (AvgIpc) is 2.47. The third-order valence-corrected chi connectivity index (χ3v) is 4.24. The molecule has 0 aromatic heterocycles. The molecule has 2 unspecified atom stereocenters. The van der Waals surface area contributed by atoms with Gasteiger partial charge in [0.15, 0.2) is 5.96 Å². The molecule has 1 heterocycles.